The molecule has 4 heteroatoms. The summed E-state index contributed by atoms with van der Waals surface area (Å²) in [4.78, 5) is 13.7. The third kappa shape index (κ3) is 2.51. The van der Waals surface area contributed by atoms with E-state index in [0.717, 1.165) is 5.56 Å². The largest absolute Gasteiger partial charge is 0.348 e. The fourth-order valence-corrected chi connectivity index (χ4v) is 2.70. The fraction of sp³-hybridized carbons (Fsp3) is 0.533. The normalized spacial score (nSPS) is 29.4. The number of hydrogen-bond acceptors (Lipinski definition) is 3. The van der Waals surface area contributed by atoms with Gasteiger partial charge in [0.2, 0.25) is 5.91 Å². The molecule has 2 atom stereocenters. The van der Waals surface area contributed by atoms with Gasteiger partial charge in [0.05, 0.1) is 12.6 Å². The Bertz CT molecular complexity index is 472. The molecule has 102 valence electrons. The number of nitrogens with zero attached hydrogens (tertiary/aromatic N) is 1. The van der Waals surface area contributed by atoms with Gasteiger partial charge < -0.3 is 14.4 Å². The van der Waals surface area contributed by atoms with E-state index < -0.39 is 5.79 Å². The van der Waals surface area contributed by atoms with E-state index in [1.807, 2.05) is 49.1 Å². The van der Waals surface area contributed by atoms with Gasteiger partial charge in [-0.3, -0.25) is 4.79 Å². The van der Waals surface area contributed by atoms with Gasteiger partial charge in [-0.2, -0.15) is 0 Å². The molecule has 0 aromatic heterocycles. The number of hydrogen-bond donors (Lipinski definition) is 0. The molecule has 2 heterocycles. The maximum Gasteiger partial charge on any atom is 0.225 e. The van der Waals surface area contributed by atoms with Crippen LogP contribution in [0.3, 0.4) is 0 Å². The van der Waals surface area contributed by atoms with E-state index in [1.165, 1.54) is 0 Å². The standard InChI is InChI=1S/C15H19NO3/c1-15(2)18-10-13(19-15)12-8-14(17)16(12)9-11-6-4-3-5-7-11/h3-7,12-13H,8-10H2,1-2H3/t12-,13-/m1/s1. The monoisotopic (exact) mass is 261 g/mol. The summed E-state index contributed by atoms with van der Waals surface area (Å²) < 4.78 is 11.4. The first-order valence-electron chi connectivity index (χ1n) is 6.70. The van der Waals surface area contributed by atoms with Crippen LogP contribution in [0.2, 0.25) is 0 Å². The number of likely N-dealkylation sites (tertiary alicyclic amines) is 1. The lowest BCUT2D eigenvalue weighted by Crippen LogP contribution is -2.58. The Kier molecular flexibility index (Phi) is 3.07. The van der Waals surface area contributed by atoms with E-state index in [0.29, 0.717) is 19.6 Å². The molecule has 4 nitrogen and oxygen atoms in total. The maximum atomic E-state index is 11.8. The van der Waals surface area contributed by atoms with Gasteiger partial charge in [-0.1, -0.05) is 30.3 Å². The van der Waals surface area contributed by atoms with Crippen molar-refractivity contribution in [3.05, 3.63) is 35.9 Å². The topological polar surface area (TPSA) is 38.8 Å². The highest BCUT2D eigenvalue weighted by atomic mass is 16.7. The van der Waals surface area contributed by atoms with E-state index in [4.69, 9.17) is 9.47 Å². The summed E-state index contributed by atoms with van der Waals surface area (Å²) in [6, 6.07) is 10.2. The zero-order valence-corrected chi connectivity index (χ0v) is 11.3. The van der Waals surface area contributed by atoms with E-state index >= 15 is 0 Å². The summed E-state index contributed by atoms with van der Waals surface area (Å²) in [5.41, 5.74) is 1.15. The van der Waals surface area contributed by atoms with Gasteiger partial charge in [-0.25, -0.2) is 0 Å². The molecule has 0 bridgehead atoms. The predicted molar refractivity (Wildman–Crippen MR) is 70.3 cm³/mol. The van der Waals surface area contributed by atoms with E-state index in [9.17, 15) is 4.79 Å². The molecule has 19 heavy (non-hydrogen) atoms. The third-order valence-corrected chi connectivity index (χ3v) is 3.76. The van der Waals surface area contributed by atoms with Crippen LogP contribution in [-0.2, 0) is 20.8 Å². The van der Waals surface area contributed by atoms with Gasteiger partial charge in [-0.15, -0.1) is 0 Å². The predicted octanol–water partition coefficient (Wildman–Crippen LogP) is 1.94. The zero-order chi connectivity index (χ0) is 13.5. The van der Waals surface area contributed by atoms with Crippen molar-refractivity contribution in [3.8, 4) is 0 Å². The molecule has 2 fully saturated rings. The molecule has 2 aliphatic rings. The number of amides is 1. The first-order valence-corrected chi connectivity index (χ1v) is 6.70. The lowest BCUT2D eigenvalue weighted by molar-refractivity contribution is -0.169. The smallest absolute Gasteiger partial charge is 0.225 e. The molecular weight excluding hydrogens is 242 g/mol. The number of carbonyl (C=O) groups is 1. The van der Waals surface area contributed by atoms with E-state index in [2.05, 4.69) is 0 Å². The van der Waals surface area contributed by atoms with Crippen LogP contribution in [0.25, 0.3) is 0 Å². The summed E-state index contributed by atoms with van der Waals surface area (Å²) in [6.07, 6.45) is 0.563. The van der Waals surface area contributed by atoms with Crippen molar-refractivity contribution >= 4 is 5.91 Å². The second kappa shape index (κ2) is 4.62. The van der Waals surface area contributed by atoms with Crippen LogP contribution >= 0.6 is 0 Å². The summed E-state index contributed by atoms with van der Waals surface area (Å²) in [7, 11) is 0. The SMILES string of the molecule is CC1(C)OC[C@H]([C@H]2CC(=O)N2Cc2ccccc2)O1. The maximum absolute atomic E-state index is 11.8. The zero-order valence-electron chi connectivity index (χ0n) is 11.3. The van der Waals surface area contributed by atoms with Crippen LogP contribution in [0.4, 0.5) is 0 Å². The first kappa shape index (κ1) is 12.6. The van der Waals surface area contributed by atoms with E-state index in [-0.39, 0.29) is 18.1 Å². The highest BCUT2D eigenvalue weighted by Crippen LogP contribution is 2.33. The van der Waals surface area contributed by atoms with Crippen LogP contribution < -0.4 is 0 Å². The Hall–Kier alpha value is -1.39. The summed E-state index contributed by atoms with van der Waals surface area (Å²) >= 11 is 0. The second-order valence-corrected chi connectivity index (χ2v) is 5.65. The Morgan fingerprint density at radius 2 is 2.05 bits per heavy atom. The van der Waals surface area contributed by atoms with Crippen molar-refractivity contribution in [2.24, 2.45) is 0 Å². The molecule has 0 aliphatic carbocycles. The first-order chi connectivity index (χ1) is 9.05. The van der Waals surface area contributed by atoms with Crippen LogP contribution in [0.5, 0.6) is 0 Å². The van der Waals surface area contributed by atoms with Gasteiger partial charge in [0.15, 0.2) is 5.79 Å². The van der Waals surface area contributed by atoms with Crippen molar-refractivity contribution in [2.45, 2.75) is 44.7 Å². The van der Waals surface area contributed by atoms with E-state index in [1.54, 1.807) is 0 Å². The number of ether oxygens (including phenoxy) is 2. The van der Waals surface area contributed by atoms with Crippen molar-refractivity contribution in [2.75, 3.05) is 6.61 Å². The van der Waals surface area contributed by atoms with Gasteiger partial charge in [-0.05, 0) is 19.4 Å². The van der Waals surface area contributed by atoms with Crippen LogP contribution in [0.15, 0.2) is 30.3 Å². The van der Waals surface area contributed by atoms with Crippen molar-refractivity contribution < 1.29 is 14.3 Å². The minimum absolute atomic E-state index is 0.00332. The number of β-lactam (4-membered cyclic amide) rings is 1. The summed E-state index contributed by atoms with van der Waals surface area (Å²) in [5.74, 6) is -0.330. The lowest BCUT2D eigenvalue weighted by Gasteiger charge is -2.43. The molecule has 3 rings (SSSR count). The molecule has 2 aliphatic heterocycles. The molecule has 2 saturated heterocycles. The Morgan fingerprint density at radius 1 is 1.32 bits per heavy atom. The molecule has 1 amide bonds. The van der Waals surface area contributed by atoms with Crippen molar-refractivity contribution in [1.82, 2.24) is 4.90 Å². The summed E-state index contributed by atoms with van der Waals surface area (Å²) in [6.45, 7) is 5.05. The van der Waals surface area contributed by atoms with Crippen LogP contribution in [0.1, 0.15) is 25.8 Å². The lowest BCUT2D eigenvalue weighted by atomic mass is 9.95. The molecule has 0 spiro atoms. The second-order valence-electron chi connectivity index (χ2n) is 5.65. The van der Waals surface area contributed by atoms with Gasteiger partial charge in [0, 0.05) is 13.0 Å². The molecule has 1 aromatic rings. The molecule has 0 radical (unpaired) electrons. The third-order valence-electron chi connectivity index (χ3n) is 3.76. The minimum Gasteiger partial charge on any atom is -0.348 e. The fourth-order valence-electron chi connectivity index (χ4n) is 2.70. The average Bonchev–Trinajstić information content (AvgIpc) is 2.74. The Morgan fingerprint density at radius 3 is 2.63 bits per heavy atom. The molecular formula is C15H19NO3. The number of benzene rings is 1. The molecule has 0 N–H and O–H groups in total. The minimum atomic E-state index is -0.526. The summed E-state index contributed by atoms with van der Waals surface area (Å²) in [5, 5.41) is 0. The van der Waals surface area contributed by atoms with Gasteiger partial charge >= 0.3 is 0 Å². The van der Waals surface area contributed by atoms with Crippen LogP contribution in [-0.4, -0.2) is 35.3 Å². The Balaban J connectivity index is 1.66. The molecule has 0 saturated carbocycles. The van der Waals surface area contributed by atoms with Crippen molar-refractivity contribution in [3.63, 3.8) is 0 Å². The van der Waals surface area contributed by atoms with Gasteiger partial charge in [0.25, 0.3) is 0 Å². The quantitative estimate of drug-likeness (QED) is 0.781. The highest BCUT2D eigenvalue weighted by molar-refractivity contribution is 5.83. The van der Waals surface area contributed by atoms with Gasteiger partial charge in [0.1, 0.15) is 6.10 Å². The van der Waals surface area contributed by atoms with Crippen molar-refractivity contribution in [1.29, 1.82) is 0 Å². The highest BCUT2D eigenvalue weighted by Gasteiger charge is 2.47. The number of carbonyl (C=O) groups excluding carboxylic acids is 1. The average molecular weight is 261 g/mol. The number of rotatable bonds is 3. The Labute approximate surface area is 113 Å². The van der Waals surface area contributed by atoms with Crippen LogP contribution in [0, 0.1) is 0 Å². The molecule has 0 unspecified atom stereocenters. The molecule has 1 aromatic carbocycles.